The second-order valence-corrected chi connectivity index (χ2v) is 7.77. The SMILES string of the molecule is COc1ccccc1Nc1nc2c(s1)CCCc1nc(C)sc1-2. The zero-order valence-corrected chi connectivity index (χ0v) is 14.7. The Hall–Kier alpha value is -1.92. The van der Waals surface area contributed by atoms with E-state index in [1.165, 1.54) is 15.4 Å². The number of nitrogens with zero attached hydrogens (tertiary/aromatic N) is 2. The zero-order valence-electron chi connectivity index (χ0n) is 13.0. The van der Waals surface area contributed by atoms with Crippen LogP contribution >= 0.6 is 22.7 Å². The van der Waals surface area contributed by atoms with E-state index in [1.807, 2.05) is 24.3 Å². The summed E-state index contributed by atoms with van der Waals surface area (Å²) in [5.74, 6) is 0.826. The van der Waals surface area contributed by atoms with E-state index < -0.39 is 0 Å². The maximum absolute atomic E-state index is 5.41. The number of para-hydroxylation sites is 2. The first kappa shape index (κ1) is 14.7. The number of hydrogen-bond donors (Lipinski definition) is 1. The lowest BCUT2D eigenvalue weighted by atomic mass is 10.2. The third-order valence-electron chi connectivity index (χ3n) is 3.88. The van der Waals surface area contributed by atoms with Crippen LogP contribution in [0.15, 0.2) is 24.3 Å². The molecule has 1 aliphatic carbocycles. The van der Waals surface area contributed by atoms with Crippen LogP contribution < -0.4 is 10.1 Å². The Morgan fingerprint density at radius 2 is 2.00 bits per heavy atom. The van der Waals surface area contributed by atoms with Crippen molar-refractivity contribution in [2.75, 3.05) is 12.4 Å². The molecule has 1 aromatic carbocycles. The van der Waals surface area contributed by atoms with Crippen LogP contribution in [0.4, 0.5) is 10.8 Å². The number of rotatable bonds is 3. The van der Waals surface area contributed by atoms with Crippen molar-refractivity contribution in [1.82, 2.24) is 9.97 Å². The van der Waals surface area contributed by atoms with Gasteiger partial charge in [-0.2, -0.15) is 0 Å². The van der Waals surface area contributed by atoms with E-state index in [0.717, 1.165) is 46.5 Å². The molecule has 3 aromatic rings. The van der Waals surface area contributed by atoms with Crippen LogP contribution in [-0.4, -0.2) is 17.1 Å². The fourth-order valence-electron chi connectivity index (χ4n) is 2.86. The van der Waals surface area contributed by atoms with E-state index in [-0.39, 0.29) is 0 Å². The summed E-state index contributed by atoms with van der Waals surface area (Å²) in [6.45, 7) is 2.07. The first-order valence-corrected chi connectivity index (χ1v) is 9.24. The van der Waals surface area contributed by atoms with Crippen molar-refractivity contribution >= 4 is 33.5 Å². The molecule has 0 bridgehead atoms. The van der Waals surface area contributed by atoms with Crippen LogP contribution in [0.25, 0.3) is 10.6 Å². The molecule has 0 atom stereocenters. The number of nitrogens with one attached hydrogen (secondary N) is 1. The Bertz CT molecular complexity index is 853. The van der Waals surface area contributed by atoms with Gasteiger partial charge in [0.25, 0.3) is 0 Å². The molecule has 0 radical (unpaired) electrons. The van der Waals surface area contributed by atoms with Gasteiger partial charge in [-0.25, -0.2) is 9.97 Å². The van der Waals surface area contributed by atoms with Gasteiger partial charge in [0, 0.05) is 4.88 Å². The van der Waals surface area contributed by atoms with Crippen molar-refractivity contribution < 1.29 is 4.74 Å². The third kappa shape index (κ3) is 2.72. The molecule has 0 amide bonds. The van der Waals surface area contributed by atoms with E-state index in [1.54, 1.807) is 29.8 Å². The molecule has 0 saturated heterocycles. The van der Waals surface area contributed by atoms with Crippen LogP contribution in [0, 0.1) is 6.92 Å². The molecule has 2 aromatic heterocycles. The summed E-state index contributed by atoms with van der Waals surface area (Å²) in [6, 6.07) is 7.92. The summed E-state index contributed by atoms with van der Waals surface area (Å²) in [5.41, 5.74) is 3.27. The molecule has 2 heterocycles. The summed E-state index contributed by atoms with van der Waals surface area (Å²) < 4.78 is 5.41. The van der Waals surface area contributed by atoms with Crippen LogP contribution in [-0.2, 0) is 12.8 Å². The fraction of sp³-hybridized carbons (Fsp3) is 0.294. The van der Waals surface area contributed by atoms with Crippen molar-refractivity contribution in [3.05, 3.63) is 39.8 Å². The summed E-state index contributed by atoms with van der Waals surface area (Å²) in [6.07, 6.45) is 3.26. The van der Waals surface area contributed by atoms with Gasteiger partial charge < -0.3 is 10.1 Å². The molecule has 118 valence electrons. The summed E-state index contributed by atoms with van der Waals surface area (Å²) in [4.78, 5) is 12.1. The maximum atomic E-state index is 5.41. The Labute approximate surface area is 143 Å². The number of methoxy groups -OCH3 is 1. The van der Waals surface area contributed by atoms with E-state index in [2.05, 4.69) is 17.2 Å². The minimum absolute atomic E-state index is 0.826. The number of anilines is 2. The molecule has 0 spiro atoms. The van der Waals surface area contributed by atoms with E-state index in [0.29, 0.717) is 0 Å². The lowest BCUT2D eigenvalue weighted by Gasteiger charge is -2.08. The summed E-state index contributed by atoms with van der Waals surface area (Å²) >= 11 is 3.49. The molecular formula is C17H17N3OS2. The van der Waals surface area contributed by atoms with Gasteiger partial charge in [0.1, 0.15) is 5.75 Å². The molecule has 1 aliphatic rings. The Kier molecular flexibility index (Phi) is 3.79. The van der Waals surface area contributed by atoms with Crippen molar-refractivity contribution in [2.24, 2.45) is 0 Å². The van der Waals surface area contributed by atoms with Crippen LogP contribution in [0.5, 0.6) is 5.75 Å². The molecular weight excluding hydrogens is 326 g/mol. The molecule has 6 heteroatoms. The molecule has 0 saturated carbocycles. The smallest absolute Gasteiger partial charge is 0.188 e. The van der Waals surface area contributed by atoms with Gasteiger partial charge in [0.2, 0.25) is 0 Å². The van der Waals surface area contributed by atoms with Crippen molar-refractivity contribution in [3.63, 3.8) is 0 Å². The van der Waals surface area contributed by atoms with Crippen LogP contribution in [0.1, 0.15) is 22.0 Å². The molecule has 0 aliphatic heterocycles. The average molecular weight is 343 g/mol. The highest BCUT2D eigenvalue weighted by Crippen LogP contribution is 2.41. The van der Waals surface area contributed by atoms with E-state index in [4.69, 9.17) is 9.72 Å². The number of fused-ring (bicyclic) bond motifs is 3. The highest BCUT2D eigenvalue weighted by atomic mass is 32.1. The van der Waals surface area contributed by atoms with Crippen LogP contribution in [0.2, 0.25) is 0 Å². The van der Waals surface area contributed by atoms with Gasteiger partial charge in [0.15, 0.2) is 5.13 Å². The van der Waals surface area contributed by atoms with E-state index in [9.17, 15) is 0 Å². The standard InChI is InChI=1S/C17H17N3OS2/c1-10-18-12-7-5-9-14-15(16(12)22-10)20-17(23-14)19-11-6-3-4-8-13(11)21-2/h3-4,6,8H,5,7,9H2,1-2H3,(H,19,20). The number of aryl methyl sites for hydroxylation is 3. The van der Waals surface area contributed by atoms with Gasteiger partial charge in [-0.05, 0) is 38.3 Å². The highest BCUT2D eigenvalue weighted by molar-refractivity contribution is 7.18. The Morgan fingerprint density at radius 3 is 2.87 bits per heavy atom. The summed E-state index contributed by atoms with van der Waals surface area (Å²) in [7, 11) is 1.68. The number of ether oxygens (including phenoxy) is 1. The molecule has 4 nitrogen and oxygen atoms in total. The minimum Gasteiger partial charge on any atom is -0.495 e. The molecule has 23 heavy (non-hydrogen) atoms. The summed E-state index contributed by atoms with van der Waals surface area (Å²) in [5, 5.41) is 5.44. The van der Waals surface area contributed by atoms with Gasteiger partial charge in [-0.1, -0.05) is 12.1 Å². The van der Waals surface area contributed by atoms with Crippen molar-refractivity contribution in [1.29, 1.82) is 0 Å². The van der Waals surface area contributed by atoms with Crippen LogP contribution in [0.3, 0.4) is 0 Å². The van der Waals surface area contributed by atoms with Crippen molar-refractivity contribution in [2.45, 2.75) is 26.2 Å². The van der Waals surface area contributed by atoms with E-state index >= 15 is 0 Å². The molecule has 4 rings (SSSR count). The Balaban J connectivity index is 1.72. The highest BCUT2D eigenvalue weighted by Gasteiger charge is 2.22. The molecule has 0 unspecified atom stereocenters. The number of aromatic nitrogens is 2. The maximum Gasteiger partial charge on any atom is 0.188 e. The normalized spacial score (nSPS) is 13.1. The minimum atomic E-state index is 0.826. The van der Waals surface area contributed by atoms with Gasteiger partial charge in [0.05, 0.1) is 34.1 Å². The lowest BCUT2D eigenvalue weighted by Crippen LogP contribution is -1.94. The number of thiazole rings is 2. The Morgan fingerprint density at radius 1 is 1.13 bits per heavy atom. The first-order valence-electron chi connectivity index (χ1n) is 7.61. The largest absolute Gasteiger partial charge is 0.495 e. The fourth-order valence-corrected chi connectivity index (χ4v) is 4.93. The molecule has 1 N–H and O–H groups in total. The number of hydrogen-bond acceptors (Lipinski definition) is 6. The predicted octanol–water partition coefficient (Wildman–Crippen LogP) is 4.82. The molecule has 0 fully saturated rings. The van der Waals surface area contributed by atoms with Crippen molar-refractivity contribution in [3.8, 4) is 16.3 Å². The van der Waals surface area contributed by atoms with Gasteiger partial charge in [-0.15, -0.1) is 22.7 Å². The number of benzene rings is 1. The monoisotopic (exact) mass is 343 g/mol. The topological polar surface area (TPSA) is 47.0 Å². The van der Waals surface area contributed by atoms with Gasteiger partial charge >= 0.3 is 0 Å². The third-order valence-corrected chi connectivity index (χ3v) is 5.93. The predicted molar refractivity (Wildman–Crippen MR) is 96.3 cm³/mol. The zero-order chi connectivity index (χ0) is 15.8. The van der Waals surface area contributed by atoms with Gasteiger partial charge in [-0.3, -0.25) is 0 Å². The average Bonchev–Trinajstić information content (AvgIpc) is 3.08. The second kappa shape index (κ2) is 5.94. The quantitative estimate of drug-likeness (QED) is 0.741. The first-order chi connectivity index (χ1) is 11.2. The second-order valence-electron chi connectivity index (χ2n) is 5.48. The lowest BCUT2D eigenvalue weighted by molar-refractivity contribution is 0.417.